The van der Waals surface area contributed by atoms with E-state index >= 15 is 0 Å². The Morgan fingerprint density at radius 3 is 3.06 bits per heavy atom. The van der Waals surface area contributed by atoms with Gasteiger partial charge >= 0.3 is 0 Å². The summed E-state index contributed by atoms with van der Waals surface area (Å²) in [5.74, 6) is 0.662. The highest BCUT2D eigenvalue weighted by atomic mass is 16.2. The summed E-state index contributed by atoms with van der Waals surface area (Å²) in [5, 5.41) is 13.4. The predicted octanol–water partition coefficient (Wildman–Crippen LogP) is -0.232. The lowest BCUT2D eigenvalue weighted by Gasteiger charge is -2.12. The normalized spacial score (nSPS) is 12.1. The summed E-state index contributed by atoms with van der Waals surface area (Å²) in [6.07, 6.45) is 3.31. The fraction of sp³-hybridized carbons (Fsp3) is 0.500. The second kappa shape index (κ2) is 6.02. The first-order valence-corrected chi connectivity index (χ1v) is 5.10. The predicted molar refractivity (Wildman–Crippen MR) is 60.6 cm³/mol. The van der Waals surface area contributed by atoms with Gasteiger partial charge in [0.2, 0.25) is 5.91 Å². The minimum atomic E-state index is -0.148. The first kappa shape index (κ1) is 12.4. The third-order valence-electron chi connectivity index (χ3n) is 2.09. The number of nitrogens with zero attached hydrogens (tertiary/aromatic N) is 3. The van der Waals surface area contributed by atoms with Gasteiger partial charge < -0.3 is 15.2 Å². The van der Waals surface area contributed by atoms with E-state index in [4.69, 9.17) is 0 Å². The van der Waals surface area contributed by atoms with Crippen LogP contribution in [-0.2, 0) is 11.8 Å². The molecular weight excluding hydrogens is 206 g/mol. The number of aryl methyl sites for hydroxylation is 1. The Morgan fingerprint density at radius 1 is 1.75 bits per heavy atom. The standard InChI is InChI=1S/C10H17N5O/c1-4-5-11-6-9(16)13-8(2)10-14-12-7-15(10)3/h4,7-8,11H,1,5-6H2,2-3H3,(H,13,16). The third-order valence-corrected chi connectivity index (χ3v) is 2.09. The molecule has 0 saturated carbocycles. The fourth-order valence-corrected chi connectivity index (χ4v) is 1.33. The number of nitrogens with one attached hydrogen (secondary N) is 2. The molecule has 16 heavy (non-hydrogen) atoms. The van der Waals surface area contributed by atoms with E-state index < -0.39 is 0 Å². The van der Waals surface area contributed by atoms with E-state index in [0.717, 1.165) is 5.82 Å². The summed E-state index contributed by atoms with van der Waals surface area (Å²) in [7, 11) is 1.84. The molecule has 0 aliphatic rings. The van der Waals surface area contributed by atoms with Crippen molar-refractivity contribution >= 4 is 5.91 Å². The average molecular weight is 223 g/mol. The topological polar surface area (TPSA) is 71.8 Å². The molecular formula is C10H17N5O. The lowest BCUT2D eigenvalue weighted by atomic mass is 10.3. The molecule has 0 radical (unpaired) electrons. The molecule has 0 spiro atoms. The van der Waals surface area contributed by atoms with Crippen molar-refractivity contribution in [2.45, 2.75) is 13.0 Å². The Kier molecular flexibility index (Phi) is 4.65. The van der Waals surface area contributed by atoms with Crippen molar-refractivity contribution in [3.8, 4) is 0 Å². The highest BCUT2D eigenvalue weighted by Gasteiger charge is 2.13. The molecule has 1 rings (SSSR count). The molecule has 1 atom stereocenters. The summed E-state index contributed by atoms with van der Waals surface area (Å²) >= 11 is 0. The number of aromatic nitrogens is 3. The molecule has 1 unspecified atom stereocenters. The minimum Gasteiger partial charge on any atom is -0.345 e. The van der Waals surface area contributed by atoms with Crippen LogP contribution < -0.4 is 10.6 Å². The van der Waals surface area contributed by atoms with Crippen molar-refractivity contribution in [3.63, 3.8) is 0 Å². The summed E-state index contributed by atoms with van der Waals surface area (Å²) in [5.41, 5.74) is 0. The quantitative estimate of drug-likeness (QED) is 0.516. The molecule has 0 aliphatic carbocycles. The van der Waals surface area contributed by atoms with Crippen LogP contribution in [0.4, 0.5) is 0 Å². The van der Waals surface area contributed by atoms with E-state index in [1.165, 1.54) is 0 Å². The van der Waals surface area contributed by atoms with Gasteiger partial charge in [-0.2, -0.15) is 0 Å². The summed E-state index contributed by atoms with van der Waals surface area (Å²) in [4.78, 5) is 11.5. The number of rotatable bonds is 6. The molecule has 88 valence electrons. The Hall–Kier alpha value is -1.69. The van der Waals surface area contributed by atoms with Crippen LogP contribution in [0.15, 0.2) is 19.0 Å². The first-order valence-electron chi connectivity index (χ1n) is 5.10. The van der Waals surface area contributed by atoms with Gasteiger partial charge in [0.1, 0.15) is 6.33 Å². The molecule has 6 heteroatoms. The smallest absolute Gasteiger partial charge is 0.234 e. The number of carbonyl (C=O) groups is 1. The van der Waals surface area contributed by atoms with E-state index in [9.17, 15) is 4.79 Å². The number of hydrogen-bond acceptors (Lipinski definition) is 4. The van der Waals surface area contributed by atoms with Crippen LogP contribution in [0.5, 0.6) is 0 Å². The second-order valence-electron chi connectivity index (χ2n) is 3.51. The van der Waals surface area contributed by atoms with Gasteiger partial charge in [-0.3, -0.25) is 4.79 Å². The van der Waals surface area contributed by atoms with Gasteiger partial charge in [0, 0.05) is 13.6 Å². The lowest BCUT2D eigenvalue weighted by Crippen LogP contribution is -2.36. The third kappa shape index (κ3) is 3.47. The Balaban J connectivity index is 2.39. The summed E-state index contributed by atoms with van der Waals surface area (Å²) in [6.45, 7) is 6.31. The van der Waals surface area contributed by atoms with Gasteiger partial charge in [-0.25, -0.2) is 0 Å². The van der Waals surface area contributed by atoms with Crippen LogP contribution in [0.1, 0.15) is 18.8 Å². The summed E-state index contributed by atoms with van der Waals surface area (Å²) < 4.78 is 1.78. The summed E-state index contributed by atoms with van der Waals surface area (Å²) in [6, 6.07) is -0.148. The zero-order chi connectivity index (χ0) is 12.0. The Labute approximate surface area is 94.7 Å². The second-order valence-corrected chi connectivity index (χ2v) is 3.51. The van der Waals surface area contributed by atoms with E-state index in [0.29, 0.717) is 6.54 Å². The van der Waals surface area contributed by atoms with Gasteiger partial charge in [-0.15, -0.1) is 16.8 Å². The highest BCUT2D eigenvalue weighted by molar-refractivity contribution is 5.78. The molecule has 1 amide bonds. The Morgan fingerprint density at radius 2 is 2.50 bits per heavy atom. The zero-order valence-electron chi connectivity index (χ0n) is 9.60. The van der Waals surface area contributed by atoms with Crippen LogP contribution in [0.25, 0.3) is 0 Å². The molecule has 0 aliphatic heterocycles. The molecule has 1 aromatic heterocycles. The van der Waals surface area contributed by atoms with Crippen LogP contribution in [-0.4, -0.2) is 33.8 Å². The minimum absolute atomic E-state index is 0.0719. The van der Waals surface area contributed by atoms with Gasteiger partial charge in [0.05, 0.1) is 12.6 Å². The SMILES string of the molecule is C=CCNCC(=O)NC(C)c1nncn1C. The van der Waals surface area contributed by atoms with E-state index in [-0.39, 0.29) is 18.5 Å². The molecule has 0 bridgehead atoms. The largest absolute Gasteiger partial charge is 0.345 e. The van der Waals surface area contributed by atoms with Crippen LogP contribution in [0.3, 0.4) is 0 Å². The zero-order valence-corrected chi connectivity index (χ0v) is 9.60. The molecule has 2 N–H and O–H groups in total. The fourth-order valence-electron chi connectivity index (χ4n) is 1.33. The number of hydrogen-bond donors (Lipinski definition) is 2. The van der Waals surface area contributed by atoms with Gasteiger partial charge in [-0.1, -0.05) is 6.08 Å². The first-order chi connectivity index (χ1) is 7.65. The lowest BCUT2D eigenvalue weighted by molar-refractivity contribution is -0.120. The number of amides is 1. The van der Waals surface area contributed by atoms with Crippen molar-refractivity contribution in [1.82, 2.24) is 25.4 Å². The maximum atomic E-state index is 11.5. The van der Waals surface area contributed by atoms with Gasteiger partial charge in [-0.05, 0) is 6.92 Å². The van der Waals surface area contributed by atoms with Crippen molar-refractivity contribution < 1.29 is 4.79 Å². The van der Waals surface area contributed by atoms with Crippen molar-refractivity contribution in [2.75, 3.05) is 13.1 Å². The molecule has 0 fully saturated rings. The van der Waals surface area contributed by atoms with Crippen LogP contribution in [0, 0.1) is 0 Å². The van der Waals surface area contributed by atoms with E-state index in [1.807, 2.05) is 14.0 Å². The average Bonchev–Trinajstić information content (AvgIpc) is 2.65. The van der Waals surface area contributed by atoms with Crippen LogP contribution >= 0.6 is 0 Å². The Bertz CT molecular complexity index is 360. The molecule has 1 aromatic rings. The molecule has 0 saturated heterocycles. The molecule has 1 heterocycles. The van der Waals surface area contributed by atoms with Crippen molar-refractivity contribution in [3.05, 3.63) is 24.8 Å². The van der Waals surface area contributed by atoms with Crippen LogP contribution in [0.2, 0.25) is 0 Å². The van der Waals surface area contributed by atoms with Gasteiger partial charge in [0.25, 0.3) is 0 Å². The van der Waals surface area contributed by atoms with Crippen molar-refractivity contribution in [2.24, 2.45) is 7.05 Å². The van der Waals surface area contributed by atoms with Gasteiger partial charge in [0.15, 0.2) is 5.82 Å². The van der Waals surface area contributed by atoms with E-state index in [1.54, 1.807) is 17.0 Å². The maximum Gasteiger partial charge on any atom is 0.234 e. The van der Waals surface area contributed by atoms with E-state index in [2.05, 4.69) is 27.4 Å². The maximum absolute atomic E-state index is 11.5. The monoisotopic (exact) mass is 223 g/mol. The molecule has 0 aromatic carbocycles. The van der Waals surface area contributed by atoms with Crippen molar-refractivity contribution in [1.29, 1.82) is 0 Å². The highest BCUT2D eigenvalue weighted by Crippen LogP contribution is 2.05. The number of carbonyl (C=O) groups excluding carboxylic acids is 1. The molecule has 6 nitrogen and oxygen atoms in total.